The number of carbonyl (C=O) groups is 1. The van der Waals surface area contributed by atoms with Gasteiger partial charge >= 0.3 is 5.97 Å². The van der Waals surface area contributed by atoms with Crippen LogP contribution in [0, 0.1) is 0 Å². The van der Waals surface area contributed by atoms with E-state index in [2.05, 4.69) is 36.4 Å². The first kappa shape index (κ1) is 15.3. The third-order valence-electron chi connectivity index (χ3n) is 5.29. The van der Waals surface area contributed by atoms with Crippen LogP contribution in [0.3, 0.4) is 0 Å². The van der Waals surface area contributed by atoms with Crippen molar-refractivity contribution in [2.24, 2.45) is 0 Å². The number of ether oxygens (including phenoxy) is 1. The quantitative estimate of drug-likeness (QED) is 0.921. The fourth-order valence-electron chi connectivity index (χ4n) is 4.18. The van der Waals surface area contributed by atoms with Gasteiger partial charge in [0.2, 0.25) is 0 Å². The molecule has 0 aliphatic heterocycles. The number of hydrogen-bond donors (Lipinski definition) is 1. The molecule has 3 nitrogen and oxygen atoms in total. The molecular formula is C21H22O3. The van der Waals surface area contributed by atoms with Gasteiger partial charge in [0.1, 0.15) is 11.9 Å². The molecule has 2 aliphatic rings. The number of hydrogen-bond acceptors (Lipinski definition) is 2. The predicted molar refractivity (Wildman–Crippen MR) is 92.6 cm³/mol. The molecule has 0 bridgehead atoms. The molecule has 1 N–H and O–H groups in total. The van der Waals surface area contributed by atoms with Gasteiger partial charge in [0.25, 0.3) is 0 Å². The minimum Gasteiger partial charge on any atom is -0.490 e. The Bertz CT molecular complexity index is 740. The Hall–Kier alpha value is -2.29. The molecule has 2 aliphatic carbocycles. The van der Waals surface area contributed by atoms with Gasteiger partial charge in [-0.1, -0.05) is 30.3 Å². The second-order valence-corrected chi connectivity index (χ2v) is 6.96. The summed E-state index contributed by atoms with van der Waals surface area (Å²) in [4.78, 5) is 11.1. The summed E-state index contributed by atoms with van der Waals surface area (Å²) in [6.07, 6.45) is 5.42. The standard InChI is InChI=1S/C21H22O3/c22-21(23)13-17-7-3-6-16-12-18(8-9-20(16)17)24-19-10-14-4-1-2-5-15(14)11-19/h1-2,4-5,8-9,12,17,19H,3,6-7,10-11,13H2,(H,22,23)/t17-/m1/s1. The lowest BCUT2D eigenvalue weighted by Gasteiger charge is -2.25. The van der Waals surface area contributed by atoms with E-state index in [1.165, 1.54) is 22.3 Å². The number of carboxylic acid groups (broad SMARTS) is 1. The SMILES string of the molecule is O=C(O)C[C@H]1CCCc2cc(OC3Cc4ccccc4C3)ccc21. The molecule has 2 aromatic carbocycles. The molecule has 0 fully saturated rings. The van der Waals surface area contributed by atoms with Gasteiger partial charge < -0.3 is 9.84 Å². The van der Waals surface area contributed by atoms with Gasteiger partial charge in [-0.3, -0.25) is 4.79 Å². The summed E-state index contributed by atoms with van der Waals surface area (Å²) in [7, 11) is 0. The van der Waals surface area contributed by atoms with Gasteiger partial charge in [0.15, 0.2) is 0 Å². The van der Waals surface area contributed by atoms with E-state index in [4.69, 9.17) is 9.84 Å². The summed E-state index contributed by atoms with van der Waals surface area (Å²) in [6, 6.07) is 14.8. The lowest BCUT2D eigenvalue weighted by Crippen LogP contribution is -2.17. The normalized spacial score (nSPS) is 19.6. The minimum absolute atomic E-state index is 0.149. The molecule has 4 rings (SSSR count). The van der Waals surface area contributed by atoms with E-state index < -0.39 is 5.97 Å². The Balaban J connectivity index is 1.49. The summed E-state index contributed by atoms with van der Waals surface area (Å²) < 4.78 is 6.22. The maximum absolute atomic E-state index is 11.1. The molecule has 2 aromatic rings. The molecule has 1 atom stereocenters. The van der Waals surface area contributed by atoms with E-state index in [9.17, 15) is 4.79 Å². The first-order valence-corrected chi connectivity index (χ1v) is 8.77. The molecule has 0 saturated heterocycles. The Morgan fingerprint density at radius 1 is 1.08 bits per heavy atom. The smallest absolute Gasteiger partial charge is 0.303 e. The average Bonchev–Trinajstić information content (AvgIpc) is 2.96. The fourth-order valence-corrected chi connectivity index (χ4v) is 4.18. The van der Waals surface area contributed by atoms with Crippen LogP contribution in [-0.4, -0.2) is 17.2 Å². The molecule has 0 unspecified atom stereocenters. The Kier molecular flexibility index (Phi) is 4.01. The van der Waals surface area contributed by atoms with Crippen molar-refractivity contribution in [3.63, 3.8) is 0 Å². The average molecular weight is 322 g/mol. The predicted octanol–water partition coefficient (Wildman–Crippen LogP) is 4.13. The van der Waals surface area contributed by atoms with Crippen molar-refractivity contribution in [2.75, 3.05) is 0 Å². The van der Waals surface area contributed by atoms with Crippen LogP contribution >= 0.6 is 0 Å². The van der Waals surface area contributed by atoms with E-state index in [-0.39, 0.29) is 18.4 Å². The van der Waals surface area contributed by atoms with Crippen molar-refractivity contribution >= 4 is 5.97 Å². The number of rotatable bonds is 4. The second-order valence-electron chi connectivity index (χ2n) is 6.96. The maximum Gasteiger partial charge on any atom is 0.303 e. The third kappa shape index (κ3) is 3.03. The zero-order chi connectivity index (χ0) is 16.5. The van der Waals surface area contributed by atoms with Crippen LogP contribution in [0.25, 0.3) is 0 Å². The summed E-state index contributed by atoms with van der Waals surface area (Å²) in [5, 5.41) is 9.10. The lowest BCUT2D eigenvalue weighted by molar-refractivity contribution is -0.137. The van der Waals surface area contributed by atoms with Crippen molar-refractivity contribution in [3.05, 3.63) is 64.7 Å². The Morgan fingerprint density at radius 2 is 1.83 bits per heavy atom. The van der Waals surface area contributed by atoms with E-state index in [0.717, 1.165) is 37.9 Å². The molecule has 0 amide bonds. The largest absolute Gasteiger partial charge is 0.490 e. The Morgan fingerprint density at radius 3 is 2.54 bits per heavy atom. The topological polar surface area (TPSA) is 46.5 Å². The molecule has 0 heterocycles. The highest BCUT2D eigenvalue weighted by Crippen LogP contribution is 2.36. The number of fused-ring (bicyclic) bond motifs is 2. The highest BCUT2D eigenvalue weighted by molar-refractivity contribution is 5.68. The van der Waals surface area contributed by atoms with Crippen LogP contribution in [-0.2, 0) is 24.1 Å². The lowest BCUT2D eigenvalue weighted by atomic mass is 9.81. The van der Waals surface area contributed by atoms with E-state index in [1.807, 2.05) is 6.07 Å². The highest BCUT2D eigenvalue weighted by Gasteiger charge is 2.25. The molecule has 0 spiro atoms. The van der Waals surface area contributed by atoms with Crippen molar-refractivity contribution < 1.29 is 14.6 Å². The molecular weight excluding hydrogens is 300 g/mol. The second kappa shape index (κ2) is 6.31. The highest BCUT2D eigenvalue weighted by atomic mass is 16.5. The molecule has 0 saturated carbocycles. The van der Waals surface area contributed by atoms with E-state index >= 15 is 0 Å². The van der Waals surface area contributed by atoms with Gasteiger partial charge in [0, 0.05) is 12.8 Å². The van der Waals surface area contributed by atoms with Crippen molar-refractivity contribution in [2.45, 2.75) is 50.5 Å². The van der Waals surface area contributed by atoms with Crippen molar-refractivity contribution in [1.29, 1.82) is 0 Å². The number of benzene rings is 2. The first-order valence-electron chi connectivity index (χ1n) is 8.77. The van der Waals surface area contributed by atoms with Gasteiger partial charge in [-0.25, -0.2) is 0 Å². The van der Waals surface area contributed by atoms with Gasteiger partial charge in [-0.15, -0.1) is 0 Å². The maximum atomic E-state index is 11.1. The molecule has 0 radical (unpaired) electrons. The van der Waals surface area contributed by atoms with E-state index in [0.29, 0.717) is 0 Å². The van der Waals surface area contributed by atoms with Gasteiger partial charge in [-0.05, 0) is 59.6 Å². The van der Waals surface area contributed by atoms with Crippen molar-refractivity contribution in [1.82, 2.24) is 0 Å². The molecule has 3 heteroatoms. The number of carboxylic acids is 1. The summed E-state index contributed by atoms with van der Waals surface area (Å²) >= 11 is 0. The van der Waals surface area contributed by atoms with Crippen LogP contribution in [0.4, 0.5) is 0 Å². The Labute approximate surface area is 142 Å². The third-order valence-corrected chi connectivity index (χ3v) is 5.29. The first-order chi connectivity index (χ1) is 11.7. The van der Waals surface area contributed by atoms with Crippen LogP contribution in [0.5, 0.6) is 5.75 Å². The molecule has 0 aromatic heterocycles. The van der Waals surface area contributed by atoms with Gasteiger partial charge in [-0.2, -0.15) is 0 Å². The fraction of sp³-hybridized carbons (Fsp3) is 0.381. The summed E-state index contributed by atoms with van der Waals surface area (Å²) in [5.74, 6) is 0.357. The van der Waals surface area contributed by atoms with E-state index in [1.54, 1.807) is 0 Å². The van der Waals surface area contributed by atoms with Crippen LogP contribution in [0.1, 0.15) is 47.4 Å². The van der Waals surface area contributed by atoms with Crippen LogP contribution in [0.2, 0.25) is 0 Å². The van der Waals surface area contributed by atoms with Crippen LogP contribution in [0.15, 0.2) is 42.5 Å². The monoisotopic (exact) mass is 322 g/mol. The molecule has 24 heavy (non-hydrogen) atoms. The number of aliphatic carboxylic acids is 1. The zero-order valence-electron chi connectivity index (χ0n) is 13.7. The van der Waals surface area contributed by atoms with Crippen LogP contribution < -0.4 is 4.74 Å². The van der Waals surface area contributed by atoms with Crippen molar-refractivity contribution in [3.8, 4) is 5.75 Å². The minimum atomic E-state index is -0.711. The molecule has 124 valence electrons. The zero-order valence-corrected chi connectivity index (χ0v) is 13.7. The summed E-state index contributed by atoms with van der Waals surface area (Å²) in [5.41, 5.74) is 5.25. The summed E-state index contributed by atoms with van der Waals surface area (Å²) in [6.45, 7) is 0. The number of aryl methyl sites for hydroxylation is 1. The van der Waals surface area contributed by atoms with Gasteiger partial charge in [0.05, 0.1) is 6.42 Å².